The molecule has 21 heavy (non-hydrogen) atoms. The summed E-state index contributed by atoms with van der Waals surface area (Å²) in [5.74, 6) is 0.251. The molecule has 2 aromatic heterocycles. The van der Waals surface area contributed by atoms with Crippen LogP contribution in [-0.2, 0) is 6.54 Å². The Morgan fingerprint density at radius 2 is 2.38 bits per heavy atom. The molecule has 0 radical (unpaired) electrons. The number of rotatable bonds is 8. The van der Waals surface area contributed by atoms with E-state index in [2.05, 4.69) is 22.3 Å². The first-order valence-corrected chi connectivity index (χ1v) is 6.84. The van der Waals surface area contributed by atoms with Crippen LogP contribution in [-0.4, -0.2) is 27.2 Å². The van der Waals surface area contributed by atoms with Gasteiger partial charge in [0.25, 0.3) is 5.91 Å². The van der Waals surface area contributed by atoms with Crippen molar-refractivity contribution in [3.63, 3.8) is 0 Å². The van der Waals surface area contributed by atoms with E-state index >= 15 is 0 Å². The van der Waals surface area contributed by atoms with Crippen molar-refractivity contribution < 1.29 is 9.53 Å². The highest BCUT2D eigenvalue weighted by Crippen LogP contribution is 2.11. The van der Waals surface area contributed by atoms with Crippen molar-refractivity contribution in [2.75, 3.05) is 12.0 Å². The zero-order valence-electron chi connectivity index (χ0n) is 12.0. The molecule has 0 aliphatic carbocycles. The Labute approximate surface area is 123 Å². The molecule has 0 fully saturated rings. The number of amides is 1. The molecule has 0 unspecified atom stereocenters. The van der Waals surface area contributed by atoms with Crippen molar-refractivity contribution in [1.29, 1.82) is 0 Å². The number of carbonyl (C=O) groups is 1. The van der Waals surface area contributed by atoms with Crippen molar-refractivity contribution in [3.05, 3.63) is 42.2 Å². The van der Waals surface area contributed by atoms with Crippen LogP contribution in [0.2, 0.25) is 0 Å². The van der Waals surface area contributed by atoms with Gasteiger partial charge in [0.2, 0.25) is 0 Å². The zero-order valence-corrected chi connectivity index (χ0v) is 12.0. The number of ether oxygens (including phenoxy) is 1. The van der Waals surface area contributed by atoms with E-state index in [0.717, 1.165) is 24.3 Å². The van der Waals surface area contributed by atoms with Crippen molar-refractivity contribution in [2.45, 2.75) is 26.3 Å². The van der Waals surface area contributed by atoms with Crippen LogP contribution in [0.15, 0.2) is 30.9 Å². The van der Waals surface area contributed by atoms with Gasteiger partial charge >= 0.3 is 0 Å². The number of nitrogens with two attached hydrogens (primary N) is 1. The first kappa shape index (κ1) is 14.8. The SMILES string of the molecule is CCCCOc1ccnc(CNn2cncc2C(N)=O)c1. The van der Waals surface area contributed by atoms with Crippen LogP contribution >= 0.6 is 0 Å². The molecule has 0 bridgehead atoms. The van der Waals surface area contributed by atoms with E-state index in [9.17, 15) is 4.79 Å². The first-order valence-electron chi connectivity index (χ1n) is 6.84. The quantitative estimate of drug-likeness (QED) is 0.714. The molecule has 2 heterocycles. The van der Waals surface area contributed by atoms with Crippen molar-refractivity contribution in [3.8, 4) is 5.75 Å². The summed E-state index contributed by atoms with van der Waals surface area (Å²) >= 11 is 0. The van der Waals surface area contributed by atoms with Crippen LogP contribution in [0.3, 0.4) is 0 Å². The molecule has 0 aliphatic rings. The highest BCUT2D eigenvalue weighted by Gasteiger charge is 2.07. The fraction of sp³-hybridized carbons (Fsp3) is 0.357. The van der Waals surface area contributed by atoms with Gasteiger partial charge in [-0.2, -0.15) is 0 Å². The number of nitrogens with zero attached hydrogens (tertiary/aromatic N) is 3. The Bertz CT molecular complexity index is 597. The van der Waals surface area contributed by atoms with Gasteiger partial charge in [0.1, 0.15) is 17.8 Å². The minimum absolute atomic E-state index is 0.297. The second kappa shape index (κ2) is 7.28. The number of pyridine rings is 1. The van der Waals surface area contributed by atoms with Gasteiger partial charge in [-0.05, 0) is 12.5 Å². The van der Waals surface area contributed by atoms with Crippen LogP contribution in [0.5, 0.6) is 5.75 Å². The van der Waals surface area contributed by atoms with Gasteiger partial charge in [0.15, 0.2) is 0 Å². The lowest BCUT2D eigenvalue weighted by Crippen LogP contribution is -2.23. The van der Waals surface area contributed by atoms with E-state index in [1.54, 1.807) is 6.20 Å². The van der Waals surface area contributed by atoms with Crippen molar-refractivity contribution >= 4 is 5.91 Å². The van der Waals surface area contributed by atoms with Gasteiger partial charge in [0, 0.05) is 12.3 Å². The number of primary amides is 1. The average Bonchev–Trinajstić information content (AvgIpc) is 2.94. The molecule has 7 nitrogen and oxygen atoms in total. The Morgan fingerprint density at radius 1 is 1.52 bits per heavy atom. The number of carbonyl (C=O) groups excluding carboxylic acids is 1. The summed E-state index contributed by atoms with van der Waals surface area (Å²) in [4.78, 5) is 19.3. The predicted octanol–water partition coefficient (Wildman–Crippen LogP) is 1.30. The second-order valence-corrected chi connectivity index (χ2v) is 4.53. The van der Waals surface area contributed by atoms with Crippen LogP contribution < -0.4 is 15.9 Å². The number of unbranched alkanes of at least 4 members (excludes halogenated alkanes) is 1. The molecule has 2 aromatic rings. The molecule has 0 saturated carbocycles. The molecule has 0 saturated heterocycles. The number of aromatic nitrogens is 3. The van der Waals surface area contributed by atoms with Gasteiger partial charge in [0.05, 0.1) is 25.0 Å². The van der Waals surface area contributed by atoms with E-state index < -0.39 is 5.91 Å². The van der Waals surface area contributed by atoms with Crippen LogP contribution in [0.1, 0.15) is 35.9 Å². The predicted molar refractivity (Wildman–Crippen MR) is 78.4 cm³/mol. The molecular weight excluding hydrogens is 270 g/mol. The van der Waals surface area contributed by atoms with Gasteiger partial charge in [-0.25, -0.2) is 9.66 Å². The summed E-state index contributed by atoms with van der Waals surface area (Å²) in [7, 11) is 0. The average molecular weight is 289 g/mol. The van der Waals surface area contributed by atoms with E-state index in [1.165, 1.54) is 17.2 Å². The van der Waals surface area contributed by atoms with Gasteiger partial charge in [-0.3, -0.25) is 9.78 Å². The van der Waals surface area contributed by atoms with E-state index in [1.807, 2.05) is 12.1 Å². The van der Waals surface area contributed by atoms with Crippen LogP contribution in [0.4, 0.5) is 0 Å². The van der Waals surface area contributed by atoms with Crippen molar-refractivity contribution in [1.82, 2.24) is 14.6 Å². The summed E-state index contributed by atoms with van der Waals surface area (Å²) in [6, 6.07) is 3.69. The summed E-state index contributed by atoms with van der Waals surface area (Å²) in [5.41, 5.74) is 9.36. The molecule has 0 aliphatic heterocycles. The number of hydrogen-bond donors (Lipinski definition) is 2. The number of imidazole rings is 1. The lowest BCUT2D eigenvalue weighted by molar-refractivity contribution is 0.0992. The topological polar surface area (TPSA) is 95.1 Å². The second-order valence-electron chi connectivity index (χ2n) is 4.53. The lowest BCUT2D eigenvalue weighted by atomic mass is 10.3. The number of hydrogen-bond acceptors (Lipinski definition) is 5. The maximum atomic E-state index is 11.2. The summed E-state index contributed by atoms with van der Waals surface area (Å²) in [6.07, 6.45) is 6.71. The Kier molecular flexibility index (Phi) is 5.14. The minimum Gasteiger partial charge on any atom is -0.493 e. The monoisotopic (exact) mass is 289 g/mol. The summed E-state index contributed by atoms with van der Waals surface area (Å²) in [5, 5.41) is 0. The molecule has 1 amide bonds. The molecule has 112 valence electrons. The smallest absolute Gasteiger partial charge is 0.268 e. The third kappa shape index (κ3) is 4.20. The molecule has 3 N–H and O–H groups in total. The molecule has 0 spiro atoms. The van der Waals surface area contributed by atoms with E-state index in [4.69, 9.17) is 10.5 Å². The number of nitrogens with one attached hydrogen (secondary N) is 1. The standard InChI is InChI=1S/C14H19N5O2/c1-2-3-6-21-12-4-5-17-11(7-12)8-18-19-10-16-9-13(19)14(15)20/h4-5,7,9-10,18H,2-3,6,8H2,1H3,(H2,15,20). The van der Waals surface area contributed by atoms with Gasteiger partial charge in [-0.1, -0.05) is 13.3 Å². The largest absolute Gasteiger partial charge is 0.493 e. The Balaban J connectivity index is 1.95. The Morgan fingerprint density at radius 3 is 3.14 bits per heavy atom. The fourth-order valence-electron chi connectivity index (χ4n) is 1.75. The molecule has 2 rings (SSSR count). The summed E-state index contributed by atoms with van der Waals surface area (Å²) in [6.45, 7) is 3.25. The van der Waals surface area contributed by atoms with Crippen LogP contribution in [0, 0.1) is 0 Å². The summed E-state index contributed by atoms with van der Waals surface area (Å²) < 4.78 is 7.11. The normalized spacial score (nSPS) is 10.3. The highest BCUT2D eigenvalue weighted by molar-refractivity contribution is 5.90. The first-order chi connectivity index (χ1) is 10.2. The molecule has 0 atom stereocenters. The lowest BCUT2D eigenvalue weighted by Gasteiger charge is -2.10. The molecule has 0 aromatic carbocycles. The van der Waals surface area contributed by atoms with Gasteiger partial charge < -0.3 is 15.9 Å². The molecule has 7 heteroatoms. The van der Waals surface area contributed by atoms with Crippen molar-refractivity contribution in [2.24, 2.45) is 5.73 Å². The fourth-order valence-corrected chi connectivity index (χ4v) is 1.75. The Hall–Kier alpha value is -2.57. The zero-order chi connectivity index (χ0) is 15.1. The maximum absolute atomic E-state index is 11.2. The minimum atomic E-state index is -0.537. The molecular formula is C14H19N5O2. The maximum Gasteiger partial charge on any atom is 0.268 e. The van der Waals surface area contributed by atoms with E-state index in [0.29, 0.717) is 18.8 Å². The van der Waals surface area contributed by atoms with Gasteiger partial charge in [-0.15, -0.1) is 0 Å². The third-order valence-electron chi connectivity index (χ3n) is 2.88. The van der Waals surface area contributed by atoms with E-state index in [-0.39, 0.29) is 0 Å². The van der Waals surface area contributed by atoms with Crippen LogP contribution in [0.25, 0.3) is 0 Å². The highest BCUT2D eigenvalue weighted by atomic mass is 16.5. The third-order valence-corrected chi connectivity index (χ3v) is 2.88.